The van der Waals surface area contributed by atoms with Crippen LogP contribution >= 0.6 is 0 Å². The molecule has 24 heavy (non-hydrogen) atoms. The monoisotopic (exact) mass is 314 g/mol. The van der Waals surface area contributed by atoms with Crippen molar-refractivity contribution in [2.24, 2.45) is 0 Å². The smallest absolute Gasteiger partial charge is 0.269 e. The van der Waals surface area contributed by atoms with Crippen molar-refractivity contribution in [3.05, 3.63) is 70.4 Å². The Labute approximate surface area is 136 Å². The van der Waals surface area contributed by atoms with Crippen LogP contribution in [0.2, 0.25) is 0 Å². The predicted molar refractivity (Wildman–Crippen MR) is 90.4 cm³/mol. The normalized spacial score (nSPS) is 10.8. The standard InChI is InChI=1S/C18H10N4O2/c19-10-12-9-15-14-3-1-2-4-16(14)21-18(15)17(20-12)11-5-7-13(8-6-11)22(23)24/h1-9,21H. The van der Waals surface area contributed by atoms with Crippen LogP contribution in [0.1, 0.15) is 5.69 Å². The number of rotatable bonds is 2. The first-order chi connectivity index (χ1) is 11.7. The van der Waals surface area contributed by atoms with Crippen LogP contribution in [-0.4, -0.2) is 14.9 Å². The van der Waals surface area contributed by atoms with E-state index in [0.717, 1.165) is 21.8 Å². The zero-order valence-electron chi connectivity index (χ0n) is 12.4. The number of aromatic amines is 1. The summed E-state index contributed by atoms with van der Waals surface area (Å²) in [7, 11) is 0. The van der Waals surface area contributed by atoms with Gasteiger partial charge in [-0.2, -0.15) is 5.26 Å². The third-order valence-corrected chi connectivity index (χ3v) is 3.96. The zero-order valence-corrected chi connectivity index (χ0v) is 12.4. The average Bonchev–Trinajstić information content (AvgIpc) is 2.99. The van der Waals surface area contributed by atoms with Gasteiger partial charge >= 0.3 is 0 Å². The van der Waals surface area contributed by atoms with Crippen LogP contribution in [0.25, 0.3) is 33.1 Å². The molecule has 2 heterocycles. The molecule has 4 aromatic rings. The van der Waals surface area contributed by atoms with E-state index in [-0.39, 0.29) is 5.69 Å². The number of nitrogens with one attached hydrogen (secondary N) is 1. The van der Waals surface area contributed by atoms with Crippen molar-refractivity contribution in [2.45, 2.75) is 0 Å². The van der Waals surface area contributed by atoms with Gasteiger partial charge in [0, 0.05) is 34.0 Å². The number of nitro groups is 1. The molecule has 0 aliphatic heterocycles. The van der Waals surface area contributed by atoms with Gasteiger partial charge in [0.2, 0.25) is 0 Å². The van der Waals surface area contributed by atoms with Crippen LogP contribution in [0, 0.1) is 21.4 Å². The average molecular weight is 314 g/mol. The van der Waals surface area contributed by atoms with E-state index >= 15 is 0 Å². The lowest BCUT2D eigenvalue weighted by Gasteiger charge is -2.04. The molecule has 1 N–H and O–H groups in total. The lowest BCUT2D eigenvalue weighted by atomic mass is 10.1. The van der Waals surface area contributed by atoms with E-state index in [4.69, 9.17) is 0 Å². The highest BCUT2D eigenvalue weighted by Gasteiger charge is 2.14. The first kappa shape index (κ1) is 13.9. The molecule has 0 aliphatic rings. The van der Waals surface area contributed by atoms with E-state index in [1.807, 2.05) is 24.3 Å². The molecule has 0 spiro atoms. The van der Waals surface area contributed by atoms with Gasteiger partial charge in [0.1, 0.15) is 11.8 Å². The van der Waals surface area contributed by atoms with Gasteiger partial charge in [-0.05, 0) is 24.3 Å². The number of nitriles is 1. The van der Waals surface area contributed by atoms with Gasteiger partial charge in [-0.3, -0.25) is 10.1 Å². The Bertz CT molecular complexity index is 1140. The van der Waals surface area contributed by atoms with Crippen LogP contribution in [0.4, 0.5) is 5.69 Å². The Morgan fingerprint density at radius 3 is 2.54 bits per heavy atom. The quantitative estimate of drug-likeness (QED) is 0.444. The predicted octanol–water partition coefficient (Wildman–Crippen LogP) is 4.16. The highest BCUT2D eigenvalue weighted by atomic mass is 16.6. The number of para-hydroxylation sites is 1. The molecule has 0 aliphatic carbocycles. The minimum absolute atomic E-state index is 0.0167. The van der Waals surface area contributed by atoms with Crippen LogP contribution in [0.15, 0.2) is 54.6 Å². The van der Waals surface area contributed by atoms with E-state index in [1.54, 1.807) is 18.2 Å². The second-order valence-corrected chi connectivity index (χ2v) is 5.37. The van der Waals surface area contributed by atoms with Gasteiger partial charge in [0.05, 0.1) is 16.1 Å². The summed E-state index contributed by atoms with van der Waals surface area (Å²) in [5, 5.41) is 22.0. The Hall–Kier alpha value is -3.72. The molecule has 4 rings (SSSR count). The summed E-state index contributed by atoms with van der Waals surface area (Å²) in [4.78, 5) is 18.1. The third-order valence-electron chi connectivity index (χ3n) is 3.96. The number of non-ortho nitro benzene ring substituents is 1. The lowest BCUT2D eigenvalue weighted by molar-refractivity contribution is -0.384. The maximum atomic E-state index is 10.8. The van der Waals surface area contributed by atoms with Crippen molar-refractivity contribution in [2.75, 3.05) is 0 Å². The summed E-state index contributed by atoms with van der Waals surface area (Å²) >= 11 is 0. The molecule has 114 valence electrons. The number of fused-ring (bicyclic) bond motifs is 3. The maximum absolute atomic E-state index is 10.8. The van der Waals surface area contributed by atoms with E-state index in [0.29, 0.717) is 17.0 Å². The van der Waals surface area contributed by atoms with Crippen molar-refractivity contribution < 1.29 is 4.92 Å². The molecule has 0 atom stereocenters. The highest BCUT2D eigenvalue weighted by molar-refractivity contribution is 6.11. The summed E-state index contributed by atoms with van der Waals surface area (Å²) < 4.78 is 0. The summed E-state index contributed by atoms with van der Waals surface area (Å²) in [6.07, 6.45) is 0. The topological polar surface area (TPSA) is 95.6 Å². The van der Waals surface area contributed by atoms with E-state index in [9.17, 15) is 15.4 Å². The third kappa shape index (κ3) is 2.08. The molecular formula is C18H10N4O2. The van der Waals surface area contributed by atoms with Crippen LogP contribution in [-0.2, 0) is 0 Å². The molecule has 0 saturated heterocycles. The Kier molecular flexibility index (Phi) is 3.00. The minimum atomic E-state index is -0.443. The van der Waals surface area contributed by atoms with Crippen molar-refractivity contribution >= 4 is 27.5 Å². The summed E-state index contributed by atoms with van der Waals surface area (Å²) in [6, 6.07) is 17.8. The fourth-order valence-electron chi connectivity index (χ4n) is 2.85. The Balaban J connectivity index is 2.03. The first-order valence-corrected chi connectivity index (χ1v) is 7.24. The Morgan fingerprint density at radius 2 is 1.83 bits per heavy atom. The van der Waals surface area contributed by atoms with Gasteiger partial charge in [-0.15, -0.1) is 0 Å². The molecule has 0 saturated carbocycles. The van der Waals surface area contributed by atoms with Crippen molar-refractivity contribution in [3.63, 3.8) is 0 Å². The second kappa shape index (κ2) is 5.18. The fourth-order valence-corrected chi connectivity index (χ4v) is 2.85. The summed E-state index contributed by atoms with van der Waals surface area (Å²) in [5.41, 5.74) is 3.41. The molecular weight excluding hydrogens is 304 g/mol. The van der Waals surface area contributed by atoms with E-state index in [1.165, 1.54) is 12.1 Å². The van der Waals surface area contributed by atoms with Crippen molar-refractivity contribution in [1.29, 1.82) is 5.26 Å². The molecule has 0 bridgehead atoms. The van der Waals surface area contributed by atoms with Gasteiger partial charge in [0.25, 0.3) is 5.69 Å². The molecule has 0 fully saturated rings. The van der Waals surface area contributed by atoms with Gasteiger partial charge < -0.3 is 4.98 Å². The number of nitrogens with zero attached hydrogens (tertiary/aromatic N) is 3. The lowest BCUT2D eigenvalue weighted by Crippen LogP contribution is -1.91. The second-order valence-electron chi connectivity index (χ2n) is 5.37. The van der Waals surface area contributed by atoms with Crippen molar-refractivity contribution in [3.8, 4) is 17.3 Å². The number of H-pyrrole nitrogens is 1. The zero-order chi connectivity index (χ0) is 16.7. The number of aromatic nitrogens is 2. The molecule has 0 unspecified atom stereocenters. The molecule has 6 heteroatoms. The summed E-state index contributed by atoms with van der Waals surface area (Å²) in [6.45, 7) is 0. The number of hydrogen-bond donors (Lipinski definition) is 1. The van der Waals surface area contributed by atoms with Crippen LogP contribution in [0.3, 0.4) is 0 Å². The molecule has 2 aromatic carbocycles. The van der Waals surface area contributed by atoms with E-state index < -0.39 is 4.92 Å². The van der Waals surface area contributed by atoms with Gasteiger partial charge in [0.15, 0.2) is 0 Å². The largest absolute Gasteiger partial charge is 0.353 e. The number of hydrogen-bond acceptors (Lipinski definition) is 4. The molecule has 0 amide bonds. The van der Waals surface area contributed by atoms with Gasteiger partial charge in [-0.25, -0.2) is 4.98 Å². The number of benzene rings is 2. The first-order valence-electron chi connectivity index (χ1n) is 7.24. The van der Waals surface area contributed by atoms with Crippen molar-refractivity contribution in [1.82, 2.24) is 9.97 Å². The summed E-state index contributed by atoms with van der Waals surface area (Å²) in [5.74, 6) is 0. The van der Waals surface area contributed by atoms with Crippen LogP contribution < -0.4 is 0 Å². The molecule has 2 aromatic heterocycles. The number of pyridine rings is 1. The highest BCUT2D eigenvalue weighted by Crippen LogP contribution is 2.33. The Morgan fingerprint density at radius 1 is 1.08 bits per heavy atom. The van der Waals surface area contributed by atoms with Crippen LogP contribution in [0.5, 0.6) is 0 Å². The molecule has 6 nitrogen and oxygen atoms in total. The number of nitro benzene ring substituents is 1. The minimum Gasteiger partial charge on any atom is -0.353 e. The SMILES string of the molecule is N#Cc1cc2c([nH]c3ccccc32)c(-c2ccc([N+](=O)[O-])cc2)n1. The molecule has 0 radical (unpaired) electrons. The van der Waals surface area contributed by atoms with E-state index in [2.05, 4.69) is 16.0 Å². The maximum Gasteiger partial charge on any atom is 0.269 e. The van der Waals surface area contributed by atoms with Gasteiger partial charge in [-0.1, -0.05) is 18.2 Å². The fraction of sp³-hybridized carbons (Fsp3) is 0.